The lowest BCUT2D eigenvalue weighted by atomic mass is 10.3. The van der Waals surface area contributed by atoms with E-state index in [1.165, 1.54) is 0 Å². The largest absolute Gasteiger partial charge is 0.379 e. The lowest BCUT2D eigenvalue weighted by Crippen LogP contribution is -2.45. The molecular formula is C12H24NO4P. The predicted octanol–water partition coefficient (Wildman–Crippen LogP) is 2.32. The standard InChI is InChI=1S/C12H24NO4P/c1-3-16-18(14,17-4-2)12(11-5-6-11)13-7-9-15-10-8-13/h11-12H,3-10H2,1-2H3/t12-/m1/s1. The van der Waals surface area contributed by atoms with E-state index in [9.17, 15) is 4.57 Å². The zero-order chi connectivity index (χ0) is 13.0. The van der Waals surface area contributed by atoms with Gasteiger partial charge in [-0.2, -0.15) is 0 Å². The van der Waals surface area contributed by atoms with Crippen LogP contribution in [0.4, 0.5) is 0 Å². The molecule has 1 atom stereocenters. The highest BCUT2D eigenvalue weighted by Crippen LogP contribution is 2.61. The van der Waals surface area contributed by atoms with Crippen molar-refractivity contribution in [3.63, 3.8) is 0 Å². The van der Waals surface area contributed by atoms with E-state index in [0.717, 1.165) is 25.9 Å². The highest BCUT2D eigenvalue weighted by molar-refractivity contribution is 7.54. The molecule has 0 amide bonds. The zero-order valence-electron chi connectivity index (χ0n) is 11.3. The monoisotopic (exact) mass is 277 g/mol. The molecule has 1 saturated carbocycles. The summed E-state index contributed by atoms with van der Waals surface area (Å²) in [5.74, 6) is 0.397. The topological polar surface area (TPSA) is 48.0 Å². The Kier molecular flexibility index (Phi) is 5.22. The highest BCUT2D eigenvalue weighted by atomic mass is 31.2. The summed E-state index contributed by atoms with van der Waals surface area (Å²) in [6.45, 7) is 7.68. The zero-order valence-corrected chi connectivity index (χ0v) is 12.2. The van der Waals surface area contributed by atoms with Crippen molar-refractivity contribution in [2.24, 2.45) is 5.92 Å². The molecule has 1 saturated heterocycles. The fraction of sp³-hybridized carbons (Fsp3) is 1.00. The van der Waals surface area contributed by atoms with Gasteiger partial charge in [0.25, 0.3) is 0 Å². The average Bonchev–Trinajstić information content (AvgIpc) is 3.15. The first-order valence-electron chi connectivity index (χ1n) is 6.92. The first-order chi connectivity index (χ1) is 8.71. The molecule has 0 unspecified atom stereocenters. The fourth-order valence-corrected chi connectivity index (χ4v) is 5.09. The van der Waals surface area contributed by atoms with E-state index in [1.807, 2.05) is 13.8 Å². The molecule has 0 N–H and O–H groups in total. The quantitative estimate of drug-likeness (QED) is 0.668. The van der Waals surface area contributed by atoms with E-state index < -0.39 is 7.60 Å². The maximum atomic E-state index is 13.0. The van der Waals surface area contributed by atoms with E-state index in [-0.39, 0.29) is 5.78 Å². The van der Waals surface area contributed by atoms with Crippen molar-refractivity contribution < 1.29 is 18.3 Å². The molecule has 1 aliphatic carbocycles. The van der Waals surface area contributed by atoms with Gasteiger partial charge in [-0.05, 0) is 32.6 Å². The third-order valence-corrected chi connectivity index (χ3v) is 6.04. The molecule has 0 bridgehead atoms. The van der Waals surface area contributed by atoms with Crippen LogP contribution in [0.1, 0.15) is 26.7 Å². The first-order valence-corrected chi connectivity index (χ1v) is 8.53. The minimum Gasteiger partial charge on any atom is -0.379 e. The number of hydrogen-bond donors (Lipinski definition) is 0. The smallest absolute Gasteiger partial charge is 0.347 e. The second-order valence-corrected chi connectivity index (χ2v) is 6.90. The molecule has 0 spiro atoms. The van der Waals surface area contributed by atoms with Gasteiger partial charge in [0.2, 0.25) is 0 Å². The summed E-state index contributed by atoms with van der Waals surface area (Å²) in [7, 11) is -3.02. The Labute approximate surface area is 109 Å². The average molecular weight is 277 g/mol. The molecule has 0 aromatic rings. The van der Waals surface area contributed by atoms with Crippen molar-refractivity contribution in [1.29, 1.82) is 0 Å². The van der Waals surface area contributed by atoms with Gasteiger partial charge in [0, 0.05) is 13.1 Å². The van der Waals surface area contributed by atoms with Gasteiger partial charge in [-0.15, -0.1) is 0 Å². The van der Waals surface area contributed by atoms with E-state index in [4.69, 9.17) is 13.8 Å². The van der Waals surface area contributed by atoms with Gasteiger partial charge in [-0.25, -0.2) is 0 Å². The minimum atomic E-state index is -3.02. The Bertz CT molecular complexity index is 292. The van der Waals surface area contributed by atoms with Crippen LogP contribution < -0.4 is 0 Å². The number of morpholine rings is 1. The van der Waals surface area contributed by atoms with Crippen LogP contribution in [0.3, 0.4) is 0 Å². The van der Waals surface area contributed by atoms with Gasteiger partial charge >= 0.3 is 7.60 Å². The Morgan fingerprint density at radius 2 is 1.78 bits per heavy atom. The van der Waals surface area contributed by atoms with E-state index in [0.29, 0.717) is 32.3 Å². The van der Waals surface area contributed by atoms with Crippen molar-refractivity contribution in [2.45, 2.75) is 32.5 Å². The summed E-state index contributed by atoms with van der Waals surface area (Å²) in [4.78, 5) is 2.24. The van der Waals surface area contributed by atoms with Gasteiger partial charge in [0.15, 0.2) is 0 Å². The molecule has 1 heterocycles. The molecule has 5 nitrogen and oxygen atoms in total. The number of nitrogens with zero attached hydrogens (tertiary/aromatic N) is 1. The number of ether oxygens (including phenoxy) is 1. The van der Waals surface area contributed by atoms with Crippen molar-refractivity contribution >= 4 is 7.60 Å². The Morgan fingerprint density at radius 3 is 2.22 bits per heavy atom. The molecule has 0 radical (unpaired) electrons. The second-order valence-electron chi connectivity index (χ2n) is 4.77. The molecule has 0 aromatic carbocycles. The summed E-state index contributed by atoms with van der Waals surface area (Å²) in [6.07, 6.45) is 2.26. The van der Waals surface area contributed by atoms with Crippen LogP contribution in [-0.4, -0.2) is 50.2 Å². The molecule has 106 valence electrons. The van der Waals surface area contributed by atoms with E-state index in [1.54, 1.807) is 0 Å². The molecule has 2 fully saturated rings. The predicted molar refractivity (Wildman–Crippen MR) is 69.8 cm³/mol. The van der Waals surface area contributed by atoms with Crippen molar-refractivity contribution in [3.05, 3.63) is 0 Å². The summed E-state index contributed by atoms with van der Waals surface area (Å²) in [6, 6.07) is 0. The van der Waals surface area contributed by atoms with Crippen LogP contribution in [0.15, 0.2) is 0 Å². The van der Waals surface area contributed by atoms with E-state index in [2.05, 4.69) is 4.90 Å². The van der Waals surface area contributed by atoms with Crippen molar-refractivity contribution in [3.8, 4) is 0 Å². The summed E-state index contributed by atoms with van der Waals surface area (Å²) >= 11 is 0. The van der Waals surface area contributed by atoms with Crippen LogP contribution in [-0.2, 0) is 18.3 Å². The number of hydrogen-bond acceptors (Lipinski definition) is 5. The van der Waals surface area contributed by atoms with Crippen LogP contribution in [0.25, 0.3) is 0 Å². The summed E-state index contributed by atoms with van der Waals surface area (Å²) in [5.41, 5.74) is 0. The summed E-state index contributed by atoms with van der Waals surface area (Å²) < 4.78 is 29.4. The van der Waals surface area contributed by atoms with Gasteiger partial charge < -0.3 is 13.8 Å². The SMILES string of the molecule is CCOP(=O)(OCC)[C@H](C1CC1)N1CCOCC1. The number of rotatable bonds is 7. The van der Waals surface area contributed by atoms with Gasteiger partial charge in [0.05, 0.1) is 26.4 Å². The molecular weight excluding hydrogens is 253 g/mol. The van der Waals surface area contributed by atoms with Crippen molar-refractivity contribution in [1.82, 2.24) is 4.90 Å². The maximum absolute atomic E-state index is 13.0. The van der Waals surface area contributed by atoms with E-state index >= 15 is 0 Å². The normalized spacial score (nSPS) is 24.1. The summed E-state index contributed by atoms with van der Waals surface area (Å²) in [5, 5.41) is 0. The third-order valence-electron chi connectivity index (χ3n) is 3.41. The Hall–Kier alpha value is 0.0700. The Morgan fingerprint density at radius 1 is 1.22 bits per heavy atom. The lowest BCUT2D eigenvalue weighted by Gasteiger charge is -2.37. The minimum absolute atomic E-state index is 0.0682. The molecule has 2 rings (SSSR count). The molecule has 18 heavy (non-hydrogen) atoms. The van der Waals surface area contributed by atoms with Crippen molar-refractivity contribution in [2.75, 3.05) is 39.5 Å². The first kappa shape index (κ1) is 14.5. The lowest BCUT2D eigenvalue weighted by molar-refractivity contribution is 0.0202. The van der Waals surface area contributed by atoms with Gasteiger partial charge in [0.1, 0.15) is 5.78 Å². The van der Waals surface area contributed by atoms with Gasteiger partial charge in [-0.1, -0.05) is 0 Å². The fourth-order valence-electron chi connectivity index (χ4n) is 2.54. The van der Waals surface area contributed by atoms with Crippen LogP contribution in [0.5, 0.6) is 0 Å². The second kappa shape index (κ2) is 6.49. The van der Waals surface area contributed by atoms with Gasteiger partial charge in [-0.3, -0.25) is 9.46 Å². The van der Waals surface area contributed by atoms with Crippen LogP contribution in [0, 0.1) is 5.92 Å². The Balaban J connectivity index is 2.12. The molecule has 0 aromatic heterocycles. The molecule has 1 aliphatic heterocycles. The third kappa shape index (κ3) is 3.34. The van der Waals surface area contributed by atoms with Crippen LogP contribution in [0.2, 0.25) is 0 Å². The van der Waals surface area contributed by atoms with Crippen LogP contribution >= 0.6 is 7.60 Å². The maximum Gasteiger partial charge on any atom is 0.347 e. The highest BCUT2D eigenvalue weighted by Gasteiger charge is 2.49. The molecule has 2 aliphatic rings. The molecule has 6 heteroatoms.